The van der Waals surface area contributed by atoms with E-state index >= 15 is 0 Å². The van der Waals surface area contributed by atoms with Crippen LogP contribution >= 0.6 is 0 Å². The van der Waals surface area contributed by atoms with Crippen molar-refractivity contribution in [1.82, 2.24) is 4.90 Å². The van der Waals surface area contributed by atoms with Crippen LogP contribution in [-0.4, -0.2) is 44.0 Å². The molecular weight excluding hydrogens is 243 g/mol. The second-order valence-electron chi connectivity index (χ2n) is 5.19. The fraction of sp³-hybridized carbons (Fsp3) is 0.500. The van der Waals surface area contributed by atoms with E-state index < -0.39 is 5.82 Å². The third-order valence-corrected chi connectivity index (χ3v) is 3.88. The Kier molecular flexibility index (Phi) is 4.04. The lowest BCUT2D eigenvalue weighted by Gasteiger charge is -2.37. The highest BCUT2D eigenvalue weighted by Crippen LogP contribution is 2.26. The van der Waals surface area contributed by atoms with Gasteiger partial charge in [-0.05, 0) is 45.1 Å². The molecule has 0 aliphatic carbocycles. The molecule has 0 unspecified atom stereocenters. The number of nitrogen functional groups attached to an aromatic ring is 1. The summed E-state index contributed by atoms with van der Waals surface area (Å²) in [5.41, 5.74) is 6.44. The molecule has 0 amide bonds. The minimum absolute atomic E-state index is 0.212. The lowest BCUT2D eigenvalue weighted by Crippen LogP contribution is -2.42. The quantitative estimate of drug-likeness (QED) is 0.644. The van der Waals surface area contributed by atoms with Gasteiger partial charge in [0.1, 0.15) is 11.7 Å². The van der Waals surface area contributed by atoms with Crippen LogP contribution in [0.5, 0.6) is 0 Å². The van der Waals surface area contributed by atoms with Crippen molar-refractivity contribution in [2.45, 2.75) is 18.9 Å². The Bertz CT molecular complexity index is 467. The van der Waals surface area contributed by atoms with E-state index in [4.69, 9.17) is 11.1 Å². The van der Waals surface area contributed by atoms with Gasteiger partial charge in [-0.25, -0.2) is 4.39 Å². The fourth-order valence-corrected chi connectivity index (χ4v) is 2.65. The van der Waals surface area contributed by atoms with Gasteiger partial charge in [0.15, 0.2) is 0 Å². The molecule has 3 N–H and O–H groups in total. The van der Waals surface area contributed by atoms with E-state index in [2.05, 4.69) is 16.8 Å². The van der Waals surface area contributed by atoms with Crippen molar-refractivity contribution in [3.63, 3.8) is 0 Å². The summed E-state index contributed by atoms with van der Waals surface area (Å²) in [5, 5.41) is 7.56. The number of benzene rings is 1. The van der Waals surface area contributed by atoms with Gasteiger partial charge in [0, 0.05) is 13.1 Å². The van der Waals surface area contributed by atoms with Crippen LogP contribution in [-0.2, 0) is 0 Å². The number of piperidine rings is 1. The molecule has 0 atom stereocenters. The first kappa shape index (κ1) is 13.8. The number of likely N-dealkylation sites (tertiary alicyclic amines) is 1. The van der Waals surface area contributed by atoms with Crippen molar-refractivity contribution < 1.29 is 4.39 Å². The van der Waals surface area contributed by atoms with Crippen LogP contribution in [0.25, 0.3) is 0 Å². The molecule has 0 aromatic heterocycles. The summed E-state index contributed by atoms with van der Waals surface area (Å²) in [6.07, 6.45) is 2.09. The van der Waals surface area contributed by atoms with Gasteiger partial charge in [0.2, 0.25) is 0 Å². The smallest absolute Gasteiger partial charge is 0.136 e. The Labute approximate surface area is 113 Å². The molecule has 0 saturated carbocycles. The Morgan fingerprint density at radius 2 is 2.05 bits per heavy atom. The van der Waals surface area contributed by atoms with E-state index in [0.29, 0.717) is 11.7 Å². The fourth-order valence-electron chi connectivity index (χ4n) is 2.65. The molecular formula is C14H21FN4. The number of hydrogen-bond acceptors (Lipinski definition) is 3. The minimum atomic E-state index is -0.426. The number of nitrogens with zero attached hydrogens (tertiary/aromatic N) is 2. The summed E-state index contributed by atoms with van der Waals surface area (Å²) in [7, 11) is 4.07. The Hall–Kier alpha value is -1.62. The van der Waals surface area contributed by atoms with Crippen LogP contribution in [0.1, 0.15) is 18.4 Å². The zero-order valence-corrected chi connectivity index (χ0v) is 11.5. The summed E-state index contributed by atoms with van der Waals surface area (Å²) in [4.78, 5) is 4.36. The molecule has 104 valence electrons. The largest absolute Gasteiger partial charge is 0.384 e. The first-order chi connectivity index (χ1) is 9.00. The lowest BCUT2D eigenvalue weighted by atomic mass is 10.0. The molecule has 1 aromatic carbocycles. The van der Waals surface area contributed by atoms with E-state index in [9.17, 15) is 4.39 Å². The summed E-state index contributed by atoms with van der Waals surface area (Å²) in [6, 6.07) is 5.22. The average molecular weight is 264 g/mol. The highest BCUT2D eigenvalue weighted by atomic mass is 19.1. The predicted molar refractivity (Wildman–Crippen MR) is 76.3 cm³/mol. The van der Waals surface area contributed by atoms with Gasteiger partial charge in [-0.15, -0.1) is 0 Å². The Morgan fingerprint density at radius 1 is 1.42 bits per heavy atom. The van der Waals surface area contributed by atoms with Crippen LogP contribution in [0.4, 0.5) is 10.1 Å². The van der Waals surface area contributed by atoms with Gasteiger partial charge < -0.3 is 15.5 Å². The van der Waals surface area contributed by atoms with E-state index in [1.54, 1.807) is 6.07 Å². The minimum Gasteiger partial charge on any atom is -0.384 e. The van der Waals surface area contributed by atoms with Crippen LogP contribution in [0.3, 0.4) is 0 Å². The Morgan fingerprint density at radius 3 is 2.63 bits per heavy atom. The molecule has 0 spiro atoms. The molecule has 1 aromatic rings. The summed E-state index contributed by atoms with van der Waals surface area (Å²) in [6.45, 7) is 2.08. The van der Waals surface area contributed by atoms with Crippen molar-refractivity contribution >= 4 is 11.5 Å². The molecule has 2 rings (SSSR count). The third-order valence-electron chi connectivity index (χ3n) is 3.88. The molecule has 4 nitrogen and oxygen atoms in total. The highest BCUT2D eigenvalue weighted by molar-refractivity contribution is 6.00. The maximum atomic E-state index is 13.8. The number of hydrogen-bond donors (Lipinski definition) is 2. The zero-order valence-electron chi connectivity index (χ0n) is 11.5. The van der Waals surface area contributed by atoms with Crippen molar-refractivity contribution in [3.05, 3.63) is 29.6 Å². The van der Waals surface area contributed by atoms with Gasteiger partial charge in [-0.3, -0.25) is 5.41 Å². The molecule has 1 saturated heterocycles. The topological polar surface area (TPSA) is 56.4 Å². The number of nitrogens with two attached hydrogens (primary N) is 1. The Balaban J connectivity index is 2.26. The number of rotatable bonds is 3. The first-order valence-electron chi connectivity index (χ1n) is 6.55. The number of amidine groups is 1. The average Bonchev–Trinajstić information content (AvgIpc) is 2.38. The van der Waals surface area contributed by atoms with Crippen LogP contribution in [0.15, 0.2) is 18.2 Å². The maximum Gasteiger partial charge on any atom is 0.136 e. The normalized spacial score (nSPS) is 17.4. The number of halogens is 1. The number of nitrogens with one attached hydrogen (secondary N) is 1. The second-order valence-corrected chi connectivity index (χ2v) is 5.19. The van der Waals surface area contributed by atoms with E-state index in [1.165, 1.54) is 6.07 Å². The van der Waals surface area contributed by atoms with Crippen molar-refractivity contribution in [1.29, 1.82) is 5.41 Å². The van der Waals surface area contributed by atoms with Crippen LogP contribution in [0, 0.1) is 11.2 Å². The highest BCUT2D eigenvalue weighted by Gasteiger charge is 2.23. The summed E-state index contributed by atoms with van der Waals surface area (Å²) in [5.74, 6) is -0.641. The van der Waals surface area contributed by atoms with Gasteiger partial charge in [-0.1, -0.05) is 6.07 Å². The van der Waals surface area contributed by atoms with Crippen LogP contribution in [0.2, 0.25) is 0 Å². The van der Waals surface area contributed by atoms with Crippen molar-refractivity contribution in [2.75, 3.05) is 32.1 Å². The molecule has 1 fully saturated rings. The van der Waals surface area contributed by atoms with Gasteiger partial charge in [0.25, 0.3) is 0 Å². The molecule has 1 aliphatic heterocycles. The lowest BCUT2D eigenvalue weighted by molar-refractivity contribution is 0.253. The van der Waals surface area contributed by atoms with Crippen LogP contribution < -0.4 is 10.6 Å². The summed E-state index contributed by atoms with van der Waals surface area (Å²) >= 11 is 0. The number of anilines is 1. The zero-order chi connectivity index (χ0) is 14.0. The molecule has 0 radical (unpaired) electrons. The van der Waals surface area contributed by atoms with E-state index in [0.717, 1.165) is 25.9 Å². The van der Waals surface area contributed by atoms with Gasteiger partial charge in [-0.2, -0.15) is 0 Å². The summed E-state index contributed by atoms with van der Waals surface area (Å²) < 4.78 is 13.8. The van der Waals surface area contributed by atoms with Gasteiger partial charge >= 0.3 is 0 Å². The van der Waals surface area contributed by atoms with E-state index in [1.807, 2.05) is 13.1 Å². The molecule has 19 heavy (non-hydrogen) atoms. The SMILES string of the molecule is CN1CCC(N(C)c2cccc(F)c2C(=N)N)CC1. The maximum absolute atomic E-state index is 13.8. The monoisotopic (exact) mass is 264 g/mol. The standard InChI is InChI=1S/C14H21FN4/c1-18-8-6-10(7-9-18)19(2)12-5-3-4-11(15)13(12)14(16)17/h3-5,10H,6-9H2,1-2H3,(H3,16,17). The van der Waals surface area contributed by atoms with E-state index in [-0.39, 0.29) is 11.4 Å². The second kappa shape index (κ2) is 5.57. The van der Waals surface area contributed by atoms with Gasteiger partial charge in [0.05, 0.1) is 11.3 Å². The predicted octanol–water partition coefficient (Wildman–Crippen LogP) is 1.64. The van der Waals surface area contributed by atoms with Crippen molar-refractivity contribution in [2.24, 2.45) is 5.73 Å². The third kappa shape index (κ3) is 2.87. The molecule has 5 heteroatoms. The van der Waals surface area contributed by atoms with Crippen molar-refractivity contribution in [3.8, 4) is 0 Å². The molecule has 1 heterocycles. The molecule has 1 aliphatic rings. The molecule has 0 bridgehead atoms. The first-order valence-corrected chi connectivity index (χ1v) is 6.55.